The van der Waals surface area contributed by atoms with Gasteiger partial charge in [-0.05, 0) is 24.6 Å². The number of nitrogens with zero attached hydrogens (tertiary/aromatic N) is 2. The monoisotopic (exact) mass is 293 g/mol. The molecule has 1 aromatic rings. The SMILES string of the molecule is CNC(=O)C(C)(c1ccc([N+](=O)[O-])cc1)N1CCOCC1. The molecule has 0 bridgehead atoms. The summed E-state index contributed by atoms with van der Waals surface area (Å²) in [5.74, 6) is -0.141. The average molecular weight is 293 g/mol. The molecule has 0 aromatic heterocycles. The van der Waals surface area contributed by atoms with Gasteiger partial charge < -0.3 is 10.1 Å². The van der Waals surface area contributed by atoms with Crippen LogP contribution in [0.3, 0.4) is 0 Å². The summed E-state index contributed by atoms with van der Waals surface area (Å²) < 4.78 is 5.33. The third kappa shape index (κ3) is 2.88. The zero-order valence-corrected chi connectivity index (χ0v) is 12.2. The van der Waals surface area contributed by atoms with Gasteiger partial charge in [-0.3, -0.25) is 19.8 Å². The molecule has 1 unspecified atom stereocenters. The van der Waals surface area contributed by atoms with Gasteiger partial charge in [-0.2, -0.15) is 0 Å². The summed E-state index contributed by atoms with van der Waals surface area (Å²) in [4.78, 5) is 24.8. The molecule has 114 valence electrons. The smallest absolute Gasteiger partial charge is 0.269 e. The minimum absolute atomic E-state index is 0.0139. The first kappa shape index (κ1) is 15.4. The molecule has 7 nitrogen and oxygen atoms in total. The molecule has 1 amide bonds. The predicted octanol–water partition coefficient (Wildman–Crippen LogP) is 0.888. The molecule has 0 spiro atoms. The lowest BCUT2D eigenvalue weighted by atomic mass is 9.88. The molecule has 1 aliphatic rings. The second kappa shape index (κ2) is 6.19. The van der Waals surface area contributed by atoms with Crippen molar-refractivity contribution in [3.8, 4) is 0 Å². The highest BCUT2D eigenvalue weighted by Gasteiger charge is 2.41. The summed E-state index contributed by atoms with van der Waals surface area (Å²) in [6.07, 6.45) is 0. The molecule has 0 radical (unpaired) electrons. The van der Waals surface area contributed by atoms with Gasteiger partial charge >= 0.3 is 0 Å². The number of benzene rings is 1. The van der Waals surface area contributed by atoms with E-state index >= 15 is 0 Å². The largest absolute Gasteiger partial charge is 0.379 e. The van der Waals surface area contributed by atoms with Crippen molar-refractivity contribution in [2.45, 2.75) is 12.5 Å². The van der Waals surface area contributed by atoms with Crippen LogP contribution in [0.25, 0.3) is 0 Å². The van der Waals surface area contributed by atoms with Crippen LogP contribution in [0.4, 0.5) is 5.69 Å². The van der Waals surface area contributed by atoms with Gasteiger partial charge in [0, 0.05) is 32.3 Å². The number of nitro benzene ring substituents is 1. The van der Waals surface area contributed by atoms with Crippen LogP contribution < -0.4 is 5.32 Å². The second-order valence-electron chi connectivity index (χ2n) is 5.05. The van der Waals surface area contributed by atoms with E-state index in [4.69, 9.17) is 4.74 Å². The number of hydrogen-bond acceptors (Lipinski definition) is 5. The highest BCUT2D eigenvalue weighted by Crippen LogP contribution is 2.30. The van der Waals surface area contributed by atoms with Gasteiger partial charge in [-0.25, -0.2) is 0 Å². The minimum atomic E-state index is -0.867. The molecule has 1 N–H and O–H groups in total. The molecular weight excluding hydrogens is 274 g/mol. The second-order valence-corrected chi connectivity index (χ2v) is 5.05. The van der Waals surface area contributed by atoms with Crippen LogP contribution in [0.5, 0.6) is 0 Å². The molecule has 1 heterocycles. The third-order valence-electron chi connectivity index (χ3n) is 3.95. The number of amides is 1. The summed E-state index contributed by atoms with van der Waals surface area (Å²) in [5, 5.41) is 13.4. The summed E-state index contributed by atoms with van der Waals surface area (Å²) in [6.45, 7) is 4.25. The highest BCUT2D eigenvalue weighted by atomic mass is 16.6. The van der Waals surface area contributed by atoms with Crippen molar-refractivity contribution in [1.29, 1.82) is 0 Å². The van der Waals surface area contributed by atoms with E-state index in [1.165, 1.54) is 12.1 Å². The standard InChI is InChI=1S/C14H19N3O4/c1-14(13(18)15-2,16-7-9-21-10-8-16)11-3-5-12(6-4-11)17(19)20/h3-6H,7-10H2,1-2H3,(H,15,18). The molecule has 1 aromatic carbocycles. The Kier molecular flexibility index (Phi) is 4.54. The number of morpholine rings is 1. The fourth-order valence-electron chi connectivity index (χ4n) is 2.62. The van der Waals surface area contributed by atoms with Crippen LogP contribution in [0.2, 0.25) is 0 Å². The number of ether oxygens (including phenoxy) is 1. The van der Waals surface area contributed by atoms with Crippen molar-refractivity contribution in [3.63, 3.8) is 0 Å². The van der Waals surface area contributed by atoms with Crippen molar-refractivity contribution in [3.05, 3.63) is 39.9 Å². The van der Waals surface area contributed by atoms with Crippen molar-refractivity contribution in [2.75, 3.05) is 33.4 Å². The quantitative estimate of drug-likeness (QED) is 0.658. The van der Waals surface area contributed by atoms with E-state index in [-0.39, 0.29) is 11.6 Å². The molecule has 21 heavy (non-hydrogen) atoms. The average Bonchev–Trinajstić information content (AvgIpc) is 2.54. The number of carbonyl (C=O) groups is 1. The first-order chi connectivity index (χ1) is 10.00. The Balaban J connectivity index is 2.39. The van der Waals surface area contributed by atoms with E-state index in [0.717, 1.165) is 5.56 Å². The molecular formula is C14H19N3O4. The van der Waals surface area contributed by atoms with Crippen molar-refractivity contribution in [1.82, 2.24) is 10.2 Å². The van der Waals surface area contributed by atoms with Gasteiger partial charge in [0.2, 0.25) is 5.91 Å². The lowest BCUT2D eigenvalue weighted by molar-refractivity contribution is -0.384. The minimum Gasteiger partial charge on any atom is -0.379 e. The molecule has 7 heteroatoms. The number of nitro groups is 1. The Hall–Kier alpha value is -1.99. The maximum absolute atomic E-state index is 12.4. The van der Waals surface area contributed by atoms with Gasteiger partial charge in [-0.15, -0.1) is 0 Å². The number of nitrogens with one attached hydrogen (secondary N) is 1. The maximum atomic E-state index is 12.4. The zero-order valence-electron chi connectivity index (χ0n) is 12.2. The summed E-state index contributed by atoms with van der Waals surface area (Å²) in [6, 6.07) is 6.14. The van der Waals surface area contributed by atoms with Gasteiger partial charge in [0.05, 0.1) is 18.1 Å². The van der Waals surface area contributed by atoms with E-state index < -0.39 is 10.5 Å². The van der Waals surface area contributed by atoms with Crippen LogP contribution in [0.1, 0.15) is 12.5 Å². The van der Waals surface area contributed by atoms with Crippen LogP contribution >= 0.6 is 0 Å². The molecule has 1 aliphatic heterocycles. The number of likely N-dealkylation sites (N-methyl/N-ethyl adjacent to an activating group) is 1. The molecule has 2 rings (SSSR count). The van der Waals surface area contributed by atoms with Crippen molar-refractivity contribution < 1.29 is 14.5 Å². The first-order valence-electron chi connectivity index (χ1n) is 6.80. The van der Waals surface area contributed by atoms with Crippen molar-refractivity contribution in [2.24, 2.45) is 0 Å². The summed E-state index contributed by atoms with van der Waals surface area (Å²) in [5.41, 5.74) is -0.123. The molecule has 0 saturated carbocycles. The van der Waals surface area contributed by atoms with E-state index in [9.17, 15) is 14.9 Å². The number of rotatable bonds is 4. The van der Waals surface area contributed by atoms with E-state index in [2.05, 4.69) is 5.32 Å². The van der Waals surface area contributed by atoms with E-state index in [0.29, 0.717) is 26.3 Å². The number of carbonyl (C=O) groups excluding carboxylic acids is 1. The number of non-ortho nitro benzene ring substituents is 1. The van der Waals surface area contributed by atoms with Crippen molar-refractivity contribution >= 4 is 11.6 Å². The predicted molar refractivity (Wildman–Crippen MR) is 76.9 cm³/mol. The first-order valence-corrected chi connectivity index (χ1v) is 6.80. The maximum Gasteiger partial charge on any atom is 0.269 e. The Morgan fingerprint density at radius 1 is 1.33 bits per heavy atom. The van der Waals surface area contributed by atoms with E-state index in [1.54, 1.807) is 19.2 Å². The lowest BCUT2D eigenvalue weighted by Gasteiger charge is -2.42. The summed E-state index contributed by atoms with van der Waals surface area (Å²) in [7, 11) is 1.59. The fourth-order valence-corrected chi connectivity index (χ4v) is 2.62. The van der Waals surface area contributed by atoms with Crippen LogP contribution in [0.15, 0.2) is 24.3 Å². The van der Waals surface area contributed by atoms with Gasteiger partial charge in [-0.1, -0.05) is 0 Å². The lowest BCUT2D eigenvalue weighted by Crippen LogP contribution is -2.57. The van der Waals surface area contributed by atoms with Gasteiger partial charge in [0.25, 0.3) is 5.69 Å². The zero-order chi connectivity index (χ0) is 15.5. The van der Waals surface area contributed by atoms with Gasteiger partial charge in [0.1, 0.15) is 5.54 Å². The molecule has 0 aliphatic carbocycles. The Bertz CT molecular complexity index is 526. The molecule has 1 saturated heterocycles. The van der Waals surface area contributed by atoms with E-state index in [1.807, 2.05) is 11.8 Å². The van der Waals surface area contributed by atoms with Crippen LogP contribution in [-0.2, 0) is 15.1 Å². The summed E-state index contributed by atoms with van der Waals surface area (Å²) >= 11 is 0. The Morgan fingerprint density at radius 3 is 2.38 bits per heavy atom. The Morgan fingerprint density at radius 2 is 1.90 bits per heavy atom. The number of hydrogen-bond donors (Lipinski definition) is 1. The highest BCUT2D eigenvalue weighted by molar-refractivity contribution is 5.87. The molecule has 1 fully saturated rings. The molecule has 1 atom stereocenters. The fraction of sp³-hybridized carbons (Fsp3) is 0.500. The van der Waals surface area contributed by atoms with Crippen LogP contribution in [-0.4, -0.2) is 49.1 Å². The van der Waals surface area contributed by atoms with Gasteiger partial charge in [0.15, 0.2) is 0 Å². The van der Waals surface area contributed by atoms with Crippen LogP contribution in [0, 0.1) is 10.1 Å². The topological polar surface area (TPSA) is 84.7 Å². The Labute approximate surface area is 123 Å². The normalized spacial score (nSPS) is 18.8. The third-order valence-corrected chi connectivity index (χ3v) is 3.95.